The van der Waals surface area contributed by atoms with Crippen LogP contribution in [0.15, 0.2) is 116 Å². The molecule has 2 aliphatic heterocycles. The first-order chi connectivity index (χ1) is 32.6. The zero-order chi connectivity index (χ0) is 46.4. The quantitative estimate of drug-likeness (QED) is 0.0855. The van der Waals surface area contributed by atoms with Crippen LogP contribution in [0.3, 0.4) is 0 Å². The number of H-pyrrole nitrogens is 2. The fourth-order valence-corrected chi connectivity index (χ4v) is 8.29. The molecule has 67 heavy (non-hydrogen) atoms. The molecule has 0 bridgehead atoms. The summed E-state index contributed by atoms with van der Waals surface area (Å²) in [5.74, 6) is 1.89. The van der Waals surface area contributed by atoms with Crippen LogP contribution in [0.5, 0.6) is 11.5 Å². The fourth-order valence-electron chi connectivity index (χ4n) is 8.29. The number of likely N-dealkylation sites (tertiary alicyclic amines) is 1. The Bertz CT molecular complexity index is 3020. The summed E-state index contributed by atoms with van der Waals surface area (Å²) in [6, 6.07) is 27.9. The number of methoxy groups -OCH3 is 2. The van der Waals surface area contributed by atoms with E-state index in [2.05, 4.69) is 72.0 Å². The highest BCUT2D eigenvalue weighted by molar-refractivity contribution is 5.96. The monoisotopic (exact) mass is 902 g/mol. The third kappa shape index (κ3) is 9.88. The van der Waals surface area contributed by atoms with Gasteiger partial charge in [-0.25, -0.2) is 14.4 Å². The van der Waals surface area contributed by atoms with E-state index in [-0.39, 0.29) is 17.6 Å². The summed E-state index contributed by atoms with van der Waals surface area (Å²) in [7, 11) is 7.26. The van der Waals surface area contributed by atoms with E-state index in [1.165, 1.54) is 6.07 Å². The molecule has 8 aromatic rings. The summed E-state index contributed by atoms with van der Waals surface area (Å²) in [5, 5.41) is 11.3. The van der Waals surface area contributed by atoms with Crippen molar-refractivity contribution in [3.05, 3.63) is 133 Å². The molecule has 4 aromatic carbocycles. The SMILES string of the molecule is COc1cc(C(=O)N2CCC(N(C)C)C2)ccc1Nc1cncc(-c2cc3ccccc3[nH]2)n1.COc1cc(C(=O)N2CCNCC2)ccc1Nc1cncc(-c2cc3c(F)cccc3[nH]2)n1. The summed E-state index contributed by atoms with van der Waals surface area (Å²) in [4.78, 5) is 56.2. The van der Waals surface area contributed by atoms with Gasteiger partial charge in [-0.2, -0.15) is 0 Å². The van der Waals surface area contributed by atoms with Crippen LogP contribution in [0.1, 0.15) is 27.1 Å². The van der Waals surface area contributed by atoms with Gasteiger partial charge in [0, 0.05) is 78.2 Å². The summed E-state index contributed by atoms with van der Waals surface area (Å²) in [6.45, 7) is 4.45. The van der Waals surface area contributed by atoms with Gasteiger partial charge in [0.05, 0.1) is 61.8 Å². The minimum absolute atomic E-state index is 0.0193. The van der Waals surface area contributed by atoms with Gasteiger partial charge in [-0.05, 0) is 87.2 Å². The number of para-hydroxylation sites is 1. The number of aromatic amines is 2. The van der Waals surface area contributed by atoms with Crippen molar-refractivity contribution in [3.63, 3.8) is 0 Å². The molecule has 0 saturated carbocycles. The second-order valence-electron chi connectivity index (χ2n) is 16.5. The molecule has 0 radical (unpaired) electrons. The minimum atomic E-state index is -0.294. The maximum absolute atomic E-state index is 14.1. The molecule has 1 atom stereocenters. The van der Waals surface area contributed by atoms with E-state index in [0.717, 1.165) is 60.6 Å². The first kappa shape index (κ1) is 44.3. The molecule has 342 valence electrons. The number of benzene rings is 4. The van der Waals surface area contributed by atoms with E-state index < -0.39 is 0 Å². The van der Waals surface area contributed by atoms with Gasteiger partial charge in [-0.15, -0.1) is 0 Å². The predicted molar refractivity (Wildman–Crippen MR) is 258 cm³/mol. The Morgan fingerprint density at radius 3 is 1.85 bits per heavy atom. The highest BCUT2D eigenvalue weighted by Crippen LogP contribution is 2.32. The standard InChI is InChI=1S/C26H28N6O2.C24H23FN6O2/c1-31(2)19-10-11-32(16-19)26(33)18-8-9-21(24(13-18)34-3)29-25-15-27-14-23(30-25)22-12-17-6-4-5-7-20(17)28-22;1-33-22-11-15(24(32)31-9-7-26-8-10-31)5-6-19(22)29-23-14-27-13-21(30-23)20-12-16-17(25)3-2-4-18(16)28-20/h4-9,12-15,19,28H,10-11,16H2,1-3H3,(H,29,30);2-6,11-14,26,28H,7-10H2,1H3,(H,29,30). The molecule has 0 spiro atoms. The Labute approximate surface area is 386 Å². The highest BCUT2D eigenvalue weighted by atomic mass is 19.1. The number of carbonyl (C=O) groups is 2. The van der Waals surface area contributed by atoms with Gasteiger partial charge in [-0.3, -0.25) is 19.6 Å². The number of nitrogens with one attached hydrogen (secondary N) is 5. The first-order valence-electron chi connectivity index (χ1n) is 22.0. The van der Waals surface area contributed by atoms with Crippen LogP contribution >= 0.6 is 0 Å². The van der Waals surface area contributed by atoms with E-state index in [9.17, 15) is 14.0 Å². The van der Waals surface area contributed by atoms with Crippen LogP contribution in [0.25, 0.3) is 44.6 Å². The Balaban J connectivity index is 0.000000168. The van der Waals surface area contributed by atoms with E-state index in [1.54, 1.807) is 75.4 Å². The van der Waals surface area contributed by atoms with Gasteiger partial charge in [0.1, 0.15) is 40.3 Å². The van der Waals surface area contributed by atoms with Crippen LogP contribution in [0.2, 0.25) is 0 Å². The summed E-state index contributed by atoms with van der Waals surface area (Å²) < 4.78 is 25.2. The number of halogens is 1. The molecule has 0 aliphatic carbocycles. The number of hydrogen-bond acceptors (Lipinski definition) is 12. The number of likely N-dealkylation sites (N-methyl/N-ethyl adjacent to an activating group) is 1. The number of anilines is 4. The van der Waals surface area contributed by atoms with Crippen LogP contribution in [-0.2, 0) is 0 Å². The molecule has 1 unspecified atom stereocenters. The van der Waals surface area contributed by atoms with Crippen LogP contribution in [-0.4, -0.2) is 130 Å². The minimum Gasteiger partial charge on any atom is -0.495 e. The molecule has 2 amide bonds. The number of hydrogen-bond donors (Lipinski definition) is 5. The number of rotatable bonds is 11. The van der Waals surface area contributed by atoms with Gasteiger partial charge in [0.2, 0.25) is 0 Å². The molecule has 2 aliphatic rings. The summed E-state index contributed by atoms with van der Waals surface area (Å²) in [6.07, 6.45) is 7.58. The largest absolute Gasteiger partial charge is 0.495 e. The second-order valence-corrected chi connectivity index (χ2v) is 16.5. The van der Waals surface area contributed by atoms with Gasteiger partial charge in [0.25, 0.3) is 11.8 Å². The Morgan fingerprint density at radius 1 is 0.687 bits per heavy atom. The summed E-state index contributed by atoms with van der Waals surface area (Å²) in [5.41, 5.74) is 7.15. The number of carbonyl (C=O) groups excluding carboxylic acids is 2. The Morgan fingerprint density at radius 2 is 1.27 bits per heavy atom. The van der Waals surface area contributed by atoms with Crippen molar-refractivity contribution in [2.75, 3.05) is 78.2 Å². The number of aromatic nitrogens is 6. The van der Waals surface area contributed by atoms with Gasteiger partial charge >= 0.3 is 0 Å². The number of fused-ring (bicyclic) bond motifs is 2. The topological polar surface area (TPSA) is 182 Å². The second kappa shape index (κ2) is 19.7. The van der Waals surface area contributed by atoms with E-state index in [0.29, 0.717) is 81.4 Å². The van der Waals surface area contributed by atoms with Crippen molar-refractivity contribution in [2.24, 2.45) is 0 Å². The Hall–Kier alpha value is -7.89. The average molecular weight is 903 g/mol. The molecule has 10 rings (SSSR count). The van der Waals surface area contributed by atoms with Crippen molar-refractivity contribution in [1.29, 1.82) is 0 Å². The van der Waals surface area contributed by atoms with Crippen molar-refractivity contribution in [2.45, 2.75) is 12.5 Å². The molecule has 17 heteroatoms. The van der Waals surface area contributed by atoms with Crippen LogP contribution < -0.4 is 25.4 Å². The smallest absolute Gasteiger partial charge is 0.254 e. The van der Waals surface area contributed by atoms with Gasteiger partial charge in [-0.1, -0.05) is 24.3 Å². The lowest BCUT2D eigenvalue weighted by atomic mass is 10.1. The molecule has 4 aromatic heterocycles. The predicted octanol–water partition coefficient (Wildman–Crippen LogP) is 7.71. The van der Waals surface area contributed by atoms with Crippen molar-refractivity contribution < 1.29 is 23.5 Å². The number of nitrogens with zero attached hydrogens (tertiary/aromatic N) is 7. The van der Waals surface area contributed by atoms with Crippen LogP contribution in [0, 0.1) is 5.82 Å². The molecular weight excluding hydrogens is 852 g/mol. The lowest BCUT2D eigenvalue weighted by molar-refractivity contribution is 0.0734. The van der Waals surface area contributed by atoms with E-state index >= 15 is 0 Å². The molecule has 6 heterocycles. The molecular formula is C50H51FN12O4. The number of piperazine rings is 1. The summed E-state index contributed by atoms with van der Waals surface area (Å²) >= 11 is 0. The lowest BCUT2D eigenvalue weighted by Gasteiger charge is -2.27. The van der Waals surface area contributed by atoms with Gasteiger partial charge < -0.3 is 50.1 Å². The molecule has 16 nitrogen and oxygen atoms in total. The normalized spacial score (nSPS) is 14.8. The molecule has 5 N–H and O–H groups in total. The third-order valence-corrected chi connectivity index (χ3v) is 12.0. The maximum atomic E-state index is 14.1. The molecule has 2 fully saturated rings. The third-order valence-electron chi connectivity index (χ3n) is 12.0. The van der Waals surface area contributed by atoms with E-state index in [4.69, 9.17) is 14.5 Å². The van der Waals surface area contributed by atoms with Crippen molar-refractivity contribution in [3.8, 4) is 34.3 Å². The van der Waals surface area contributed by atoms with Gasteiger partial charge in [0.15, 0.2) is 0 Å². The fraction of sp³-hybridized carbons (Fsp3) is 0.240. The number of ether oxygens (including phenoxy) is 2. The maximum Gasteiger partial charge on any atom is 0.254 e. The molecule has 2 saturated heterocycles. The van der Waals surface area contributed by atoms with Crippen LogP contribution in [0.4, 0.5) is 27.4 Å². The van der Waals surface area contributed by atoms with Crippen molar-refractivity contribution in [1.82, 2.24) is 49.9 Å². The first-order valence-corrected chi connectivity index (χ1v) is 22.0. The highest BCUT2D eigenvalue weighted by Gasteiger charge is 2.28. The zero-order valence-corrected chi connectivity index (χ0v) is 37.6. The lowest BCUT2D eigenvalue weighted by Crippen LogP contribution is -2.46. The Kier molecular flexibility index (Phi) is 13.0. The average Bonchev–Trinajstić information content (AvgIpc) is 4.15. The van der Waals surface area contributed by atoms with E-state index in [1.807, 2.05) is 46.2 Å². The number of amides is 2. The zero-order valence-electron chi connectivity index (χ0n) is 37.6. The van der Waals surface area contributed by atoms with Crippen molar-refractivity contribution >= 4 is 56.6 Å².